The van der Waals surface area contributed by atoms with E-state index in [0.29, 0.717) is 11.3 Å². The average Bonchev–Trinajstić information content (AvgIpc) is 2.41. The number of aryl methyl sites for hydroxylation is 1. The van der Waals surface area contributed by atoms with E-state index in [1.165, 1.54) is 18.2 Å². The second-order valence-corrected chi connectivity index (χ2v) is 4.61. The first-order valence-electron chi connectivity index (χ1n) is 6.27. The molecule has 0 aliphatic rings. The number of benzene rings is 2. The van der Waals surface area contributed by atoms with Crippen molar-refractivity contribution in [2.75, 3.05) is 10.6 Å². The molecule has 3 nitrogen and oxygen atoms in total. The lowest BCUT2D eigenvalue weighted by atomic mass is 10.2. The van der Waals surface area contributed by atoms with Crippen molar-refractivity contribution in [1.29, 1.82) is 0 Å². The van der Waals surface area contributed by atoms with Gasteiger partial charge < -0.3 is 10.6 Å². The van der Waals surface area contributed by atoms with E-state index in [2.05, 4.69) is 10.6 Å². The molecule has 0 radical (unpaired) electrons. The molecule has 0 saturated carbocycles. The van der Waals surface area contributed by atoms with Crippen LogP contribution in [-0.2, 0) is 6.18 Å². The smallest absolute Gasteiger partial charge is 0.308 e. The lowest BCUT2D eigenvalue weighted by molar-refractivity contribution is -0.137. The summed E-state index contributed by atoms with van der Waals surface area (Å²) in [5.74, 6) is -0.425. The zero-order valence-corrected chi connectivity index (χ0v) is 11.5. The van der Waals surface area contributed by atoms with E-state index in [1.807, 2.05) is 0 Å². The number of halogens is 4. The van der Waals surface area contributed by atoms with Crippen LogP contribution in [0.3, 0.4) is 0 Å². The van der Waals surface area contributed by atoms with Gasteiger partial charge in [0.25, 0.3) is 0 Å². The summed E-state index contributed by atoms with van der Waals surface area (Å²) in [6.45, 7) is 1.62. The van der Waals surface area contributed by atoms with Crippen LogP contribution in [0.4, 0.5) is 33.7 Å². The summed E-state index contributed by atoms with van der Waals surface area (Å²) in [6.07, 6.45) is -4.42. The molecule has 116 valence electrons. The highest BCUT2D eigenvalue weighted by atomic mass is 19.4. The minimum atomic E-state index is -4.42. The number of carbonyl (C=O) groups excluding carboxylic acids is 1. The lowest BCUT2D eigenvalue weighted by Gasteiger charge is -2.11. The normalized spacial score (nSPS) is 11.1. The van der Waals surface area contributed by atoms with Crippen molar-refractivity contribution in [3.05, 3.63) is 59.4 Å². The largest absolute Gasteiger partial charge is 0.416 e. The summed E-state index contributed by atoms with van der Waals surface area (Å²) in [5.41, 5.74) is 0.353. The van der Waals surface area contributed by atoms with Crippen molar-refractivity contribution in [3.8, 4) is 0 Å². The highest BCUT2D eigenvalue weighted by Crippen LogP contribution is 2.29. The maximum Gasteiger partial charge on any atom is 0.416 e. The van der Waals surface area contributed by atoms with Gasteiger partial charge in [-0.05, 0) is 55.0 Å². The molecule has 0 atom stereocenters. The van der Waals surface area contributed by atoms with Crippen LogP contribution in [0.2, 0.25) is 0 Å². The third-order valence-electron chi connectivity index (χ3n) is 2.91. The van der Waals surface area contributed by atoms with E-state index in [9.17, 15) is 22.4 Å². The highest BCUT2D eigenvalue weighted by molar-refractivity contribution is 6.00. The number of hydrogen-bond donors (Lipinski definition) is 2. The van der Waals surface area contributed by atoms with Crippen LogP contribution >= 0.6 is 0 Å². The molecule has 22 heavy (non-hydrogen) atoms. The van der Waals surface area contributed by atoms with Crippen molar-refractivity contribution >= 4 is 17.4 Å². The Kier molecular flexibility index (Phi) is 4.35. The van der Waals surface area contributed by atoms with E-state index >= 15 is 0 Å². The second kappa shape index (κ2) is 6.05. The molecular weight excluding hydrogens is 300 g/mol. The van der Waals surface area contributed by atoms with Crippen LogP contribution in [-0.4, -0.2) is 6.03 Å². The molecule has 2 aromatic carbocycles. The molecule has 2 N–H and O–H groups in total. The van der Waals surface area contributed by atoms with E-state index in [1.54, 1.807) is 6.92 Å². The number of nitrogens with one attached hydrogen (secondary N) is 2. The SMILES string of the molecule is Cc1cc(F)ccc1NC(=O)Nc1ccc(C(F)(F)F)cc1. The van der Waals surface area contributed by atoms with Gasteiger partial charge in [-0.25, -0.2) is 9.18 Å². The van der Waals surface area contributed by atoms with Crippen LogP contribution in [0.1, 0.15) is 11.1 Å². The molecular formula is C15H12F4N2O. The van der Waals surface area contributed by atoms with Gasteiger partial charge in [0.15, 0.2) is 0 Å². The number of rotatable bonds is 2. The van der Waals surface area contributed by atoms with Crippen LogP contribution < -0.4 is 10.6 Å². The Labute approximate surface area is 124 Å². The molecule has 0 aromatic heterocycles. The Hall–Kier alpha value is -2.57. The lowest BCUT2D eigenvalue weighted by Crippen LogP contribution is -2.20. The monoisotopic (exact) mass is 312 g/mol. The molecule has 0 saturated heterocycles. The standard InChI is InChI=1S/C15H12F4N2O/c1-9-8-11(16)4-7-13(9)21-14(22)20-12-5-2-10(3-6-12)15(17,18)19/h2-8H,1H3,(H2,20,21,22). The number of anilines is 2. The van der Waals surface area contributed by atoms with E-state index in [0.717, 1.165) is 24.3 Å². The molecule has 0 bridgehead atoms. The number of hydrogen-bond acceptors (Lipinski definition) is 1. The van der Waals surface area contributed by atoms with Gasteiger partial charge in [-0.3, -0.25) is 0 Å². The second-order valence-electron chi connectivity index (χ2n) is 4.61. The van der Waals surface area contributed by atoms with Crippen molar-refractivity contribution in [2.45, 2.75) is 13.1 Å². The zero-order chi connectivity index (χ0) is 16.3. The predicted molar refractivity (Wildman–Crippen MR) is 75.2 cm³/mol. The molecule has 2 aromatic rings. The number of carbonyl (C=O) groups is 1. The summed E-state index contributed by atoms with van der Waals surface area (Å²) in [6, 6.07) is 7.28. The van der Waals surface area contributed by atoms with Gasteiger partial charge in [-0.1, -0.05) is 0 Å². The van der Waals surface area contributed by atoms with E-state index in [4.69, 9.17) is 0 Å². The zero-order valence-electron chi connectivity index (χ0n) is 11.5. The Bertz CT molecular complexity index is 681. The molecule has 0 heterocycles. The van der Waals surface area contributed by atoms with Gasteiger partial charge >= 0.3 is 12.2 Å². The van der Waals surface area contributed by atoms with Crippen molar-refractivity contribution in [1.82, 2.24) is 0 Å². The fourth-order valence-corrected chi connectivity index (χ4v) is 1.79. The van der Waals surface area contributed by atoms with E-state index < -0.39 is 23.6 Å². The number of amides is 2. The third-order valence-corrected chi connectivity index (χ3v) is 2.91. The molecule has 2 rings (SSSR count). The Balaban J connectivity index is 2.03. The Morgan fingerprint density at radius 3 is 2.18 bits per heavy atom. The van der Waals surface area contributed by atoms with Crippen LogP contribution in [0.15, 0.2) is 42.5 Å². The summed E-state index contributed by atoms with van der Waals surface area (Å²) in [7, 11) is 0. The minimum absolute atomic E-state index is 0.213. The van der Waals surface area contributed by atoms with Crippen molar-refractivity contribution in [3.63, 3.8) is 0 Å². The third kappa shape index (κ3) is 3.97. The average molecular weight is 312 g/mol. The predicted octanol–water partition coefficient (Wildman–Crippen LogP) is 4.80. The Morgan fingerprint density at radius 1 is 1.00 bits per heavy atom. The van der Waals surface area contributed by atoms with Gasteiger partial charge in [-0.2, -0.15) is 13.2 Å². The van der Waals surface area contributed by atoms with Crippen LogP contribution in [0.5, 0.6) is 0 Å². The van der Waals surface area contributed by atoms with E-state index in [-0.39, 0.29) is 5.69 Å². The van der Waals surface area contributed by atoms with Gasteiger partial charge in [0.05, 0.1) is 5.56 Å². The van der Waals surface area contributed by atoms with Gasteiger partial charge in [0.1, 0.15) is 5.82 Å². The van der Waals surface area contributed by atoms with Crippen LogP contribution in [0.25, 0.3) is 0 Å². The van der Waals surface area contributed by atoms with Gasteiger partial charge in [0, 0.05) is 11.4 Å². The van der Waals surface area contributed by atoms with Crippen LogP contribution in [0, 0.1) is 12.7 Å². The summed E-state index contributed by atoms with van der Waals surface area (Å²) in [5, 5.41) is 4.89. The topological polar surface area (TPSA) is 41.1 Å². The highest BCUT2D eigenvalue weighted by Gasteiger charge is 2.29. The molecule has 7 heteroatoms. The van der Waals surface area contributed by atoms with Crippen molar-refractivity contribution < 1.29 is 22.4 Å². The molecule has 2 amide bonds. The number of alkyl halides is 3. The summed E-state index contributed by atoms with van der Waals surface area (Å²) in [4.78, 5) is 11.8. The molecule has 0 fully saturated rings. The molecule has 0 spiro atoms. The number of urea groups is 1. The summed E-state index contributed by atoms with van der Waals surface area (Å²) < 4.78 is 50.2. The van der Waals surface area contributed by atoms with Crippen molar-refractivity contribution in [2.24, 2.45) is 0 Å². The fourth-order valence-electron chi connectivity index (χ4n) is 1.79. The maximum absolute atomic E-state index is 12.9. The molecule has 0 aliphatic heterocycles. The quantitative estimate of drug-likeness (QED) is 0.769. The first-order chi connectivity index (χ1) is 10.3. The fraction of sp³-hybridized carbons (Fsp3) is 0.133. The first-order valence-corrected chi connectivity index (χ1v) is 6.27. The minimum Gasteiger partial charge on any atom is -0.308 e. The Morgan fingerprint density at radius 2 is 1.64 bits per heavy atom. The van der Waals surface area contributed by atoms with Gasteiger partial charge in [0.2, 0.25) is 0 Å². The van der Waals surface area contributed by atoms with Gasteiger partial charge in [-0.15, -0.1) is 0 Å². The maximum atomic E-state index is 12.9. The molecule has 0 aliphatic carbocycles. The molecule has 0 unspecified atom stereocenters. The summed E-state index contributed by atoms with van der Waals surface area (Å²) >= 11 is 0. The first kappa shape index (κ1) is 15.8.